The molecule has 1 N–H and O–H groups in total. The molecule has 0 unspecified atom stereocenters. The van der Waals surface area contributed by atoms with Crippen LogP contribution in [-0.4, -0.2) is 29.8 Å². The monoisotopic (exact) mass is 245 g/mol. The molecule has 3 atom stereocenters. The Balaban J connectivity index is 2.48. The molecule has 0 bridgehead atoms. The summed E-state index contributed by atoms with van der Waals surface area (Å²) in [7, 11) is 0. The van der Waals surface area contributed by atoms with Crippen molar-refractivity contribution in [3.8, 4) is 0 Å². The number of hydrogen-bond acceptors (Lipinski definition) is 2. The normalized spacial score (nSPS) is 32.5. The van der Waals surface area contributed by atoms with Gasteiger partial charge in [-0.1, -0.05) is 11.6 Å². The second-order valence-corrected chi connectivity index (χ2v) is 3.98. The summed E-state index contributed by atoms with van der Waals surface area (Å²) in [6.07, 6.45) is -4.57. The predicted octanol–water partition coefficient (Wildman–Crippen LogP) is 1.80. The number of halogens is 4. The van der Waals surface area contributed by atoms with Crippen molar-refractivity contribution in [3.05, 3.63) is 0 Å². The number of ether oxygens (including phenoxy) is 1. The molecule has 0 aromatic carbocycles. The highest BCUT2D eigenvalue weighted by molar-refractivity contribution is 6.19. The number of hydrogen-bond donors (Lipinski definition) is 1. The predicted molar refractivity (Wildman–Crippen MR) is 47.4 cm³/mol. The molecule has 0 spiro atoms. The van der Waals surface area contributed by atoms with Crippen molar-refractivity contribution < 1.29 is 22.7 Å². The summed E-state index contributed by atoms with van der Waals surface area (Å²) >= 11 is 5.65. The maximum Gasteiger partial charge on any atom is 0.471 e. The molecule has 1 amide bonds. The first-order valence-corrected chi connectivity index (χ1v) is 4.90. The number of amides is 1. The SMILES string of the molecule is C[C@H]1C[C@@H](NC(=O)C(F)(F)F)C[C@H](Cl)O1. The van der Waals surface area contributed by atoms with Crippen LogP contribution in [0.25, 0.3) is 0 Å². The molecular weight excluding hydrogens is 235 g/mol. The third-order valence-corrected chi connectivity index (χ3v) is 2.34. The van der Waals surface area contributed by atoms with Crippen molar-refractivity contribution in [2.75, 3.05) is 0 Å². The molecule has 1 saturated heterocycles. The van der Waals surface area contributed by atoms with E-state index >= 15 is 0 Å². The first-order chi connectivity index (χ1) is 6.79. The molecule has 1 rings (SSSR count). The van der Waals surface area contributed by atoms with Crippen LogP contribution >= 0.6 is 11.6 Å². The van der Waals surface area contributed by atoms with Crippen LogP contribution in [0.15, 0.2) is 0 Å². The van der Waals surface area contributed by atoms with E-state index in [1.807, 2.05) is 5.32 Å². The fraction of sp³-hybridized carbons (Fsp3) is 0.875. The second-order valence-electron chi connectivity index (χ2n) is 3.50. The first kappa shape index (κ1) is 12.6. The Morgan fingerprint density at radius 2 is 2.07 bits per heavy atom. The van der Waals surface area contributed by atoms with Crippen LogP contribution in [0.3, 0.4) is 0 Å². The van der Waals surface area contributed by atoms with E-state index in [1.54, 1.807) is 6.92 Å². The van der Waals surface area contributed by atoms with Crippen molar-refractivity contribution in [2.24, 2.45) is 0 Å². The summed E-state index contributed by atoms with van der Waals surface area (Å²) in [4.78, 5) is 10.6. The molecule has 0 radical (unpaired) electrons. The fourth-order valence-corrected chi connectivity index (χ4v) is 1.86. The van der Waals surface area contributed by atoms with Gasteiger partial charge in [0.2, 0.25) is 0 Å². The van der Waals surface area contributed by atoms with Crippen molar-refractivity contribution in [1.29, 1.82) is 0 Å². The highest BCUT2D eigenvalue weighted by Gasteiger charge is 2.40. The van der Waals surface area contributed by atoms with E-state index in [2.05, 4.69) is 0 Å². The van der Waals surface area contributed by atoms with E-state index in [0.29, 0.717) is 6.42 Å². The zero-order valence-electron chi connectivity index (χ0n) is 7.97. The van der Waals surface area contributed by atoms with E-state index in [-0.39, 0.29) is 12.5 Å². The Hall–Kier alpha value is -0.490. The van der Waals surface area contributed by atoms with Gasteiger partial charge < -0.3 is 10.1 Å². The minimum atomic E-state index is -4.84. The van der Waals surface area contributed by atoms with Gasteiger partial charge >= 0.3 is 12.1 Å². The molecular formula is C8H11ClF3NO2. The van der Waals surface area contributed by atoms with Crippen LogP contribution in [0.1, 0.15) is 19.8 Å². The van der Waals surface area contributed by atoms with Gasteiger partial charge in [0.15, 0.2) is 0 Å². The van der Waals surface area contributed by atoms with Crippen molar-refractivity contribution >= 4 is 17.5 Å². The number of rotatable bonds is 1. The molecule has 88 valence electrons. The standard InChI is InChI=1S/C8H11ClF3NO2/c1-4-2-5(3-6(9)15-4)13-7(14)8(10,11)12/h4-6H,2-3H2,1H3,(H,13,14)/t4-,5+,6+/m0/s1. The molecule has 0 aromatic heterocycles. The maximum atomic E-state index is 11.9. The summed E-state index contributed by atoms with van der Waals surface area (Å²) in [6.45, 7) is 1.70. The Bertz CT molecular complexity index is 237. The largest absolute Gasteiger partial charge is 0.471 e. The topological polar surface area (TPSA) is 38.3 Å². The smallest absolute Gasteiger partial charge is 0.359 e. The maximum absolute atomic E-state index is 11.9. The van der Waals surface area contributed by atoms with Crippen LogP contribution in [0.4, 0.5) is 13.2 Å². The molecule has 7 heteroatoms. The van der Waals surface area contributed by atoms with Gasteiger partial charge in [-0.05, 0) is 13.3 Å². The van der Waals surface area contributed by atoms with Gasteiger partial charge in [-0.3, -0.25) is 4.79 Å². The van der Waals surface area contributed by atoms with Crippen molar-refractivity contribution in [1.82, 2.24) is 5.32 Å². The molecule has 3 nitrogen and oxygen atoms in total. The molecule has 1 aliphatic heterocycles. The average Bonchev–Trinajstić information content (AvgIpc) is 1.99. The average molecular weight is 246 g/mol. The lowest BCUT2D eigenvalue weighted by molar-refractivity contribution is -0.175. The van der Waals surface area contributed by atoms with Crippen molar-refractivity contribution in [3.63, 3.8) is 0 Å². The van der Waals surface area contributed by atoms with Gasteiger partial charge in [0.05, 0.1) is 6.10 Å². The molecule has 1 aliphatic rings. The van der Waals surface area contributed by atoms with Crippen molar-refractivity contribution in [2.45, 2.75) is 43.7 Å². The lowest BCUT2D eigenvalue weighted by Crippen LogP contribution is -2.47. The van der Waals surface area contributed by atoms with Crippen LogP contribution in [-0.2, 0) is 9.53 Å². The van der Waals surface area contributed by atoms with E-state index < -0.39 is 23.7 Å². The molecule has 1 fully saturated rings. The lowest BCUT2D eigenvalue weighted by Gasteiger charge is -2.31. The van der Waals surface area contributed by atoms with E-state index in [4.69, 9.17) is 16.3 Å². The van der Waals surface area contributed by atoms with Crippen LogP contribution in [0, 0.1) is 0 Å². The zero-order valence-corrected chi connectivity index (χ0v) is 8.73. The lowest BCUT2D eigenvalue weighted by atomic mass is 10.0. The van der Waals surface area contributed by atoms with E-state index in [9.17, 15) is 18.0 Å². The van der Waals surface area contributed by atoms with E-state index in [1.165, 1.54) is 0 Å². The highest BCUT2D eigenvalue weighted by Crippen LogP contribution is 2.23. The van der Waals surface area contributed by atoms with Gasteiger partial charge in [-0.15, -0.1) is 0 Å². The third-order valence-electron chi connectivity index (χ3n) is 2.06. The fourth-order valence-electron chi connectivity index (χ4n) is 1.47. The van der Waals surface area contributed by atoms with Crippen LogP contribution in [0.2, 0.25) is 0 Å². The quantitative estimate of drug-likeness (QED) is 0.716. The summed E-state index contributed by atoms with van der Waals surface area (Å²) < 4.78 is 40.9. The van der Waals surface area contributed by atoms with E-state index in [0.717, 1.165) is 0 Å². The highest BCUT2D eigenvalue weighted by atomic mass is 35.5. The number of carbonyl (C=O) groups excluding carboxylic acids is 1. The summed E-state index contributed by atoms with van der Waals surface area (Å²) in [5.74, 6) is -1.93. The molecule has 0 aliphatic carbocycles. The molecule has 0 saturated carbocycles. The third kappa shape index (κ3) is 3.87. The zero-order chi connectivity index (χ0) is 11.6. The molecule has 0 aromatic rings. The molecule has 15 heavy (non-hydrogen) atoms. The minimum Gasteiger partial charge on any atom is -0.359 e. The Morgan fingerprint density at radius 3 is 2.53 bits per heavy atom. The number of nitrogens with one attached hydrogen (secondary N) is 1. The summed E-state index contributed by atoms with van der Waals surface area (Å²) in [6, 6.07) is -0.578. The van der Waals surface area contributed by atoms with Gasteiger partial charge in [-0.2, -0.15) is 13.2 Å². The van der Waals surface area contributed by atoms with Gasteiger partial charge in [0.1, 0.15) is 5.56 Å². The van der Waals surface area contributed by atoms with Gasteiger partial charge in [0, 0.05) is 12.5 Å². The first-order valence-electron chi connectivity index (χ1n) is 4.46. The molecule has 1 heterocycles. The summed E-state index contributed by atoms with van der Waals surface area (Å²) in [5, 5.41) is 1.89. The van der Waals surface area contributed by atoms with Gasteiger partial charge in [0.25, 0.3) is 0 Å². The van der Waals surface area contributed by atoms with Crippen LogP contribution in [0.5, 0.6) is 0 Å². The Labute approximate surface area is 89.9 Å². The number of alkyl halides is 4. The van der Waals surface area contributed by atoms with Crippen LogP contribution < -0.4 is 5.32 Å². The second kappa shape index (κ2) is 4.57. The van der Waals surface area contributed by atoms with Gasteiger partial charge in [-0.25, -0.2) is 0 Å². The number of carbonyl (C=O) groups is 1. The minimum absolute atomic E-state index is 0.188. The Morgan fingerprint density at radius 1 is 1.47 bits per heavy atom. The Kier molecular flexibility index (Phi) is 3.83. The summed E-state index contributed by atoms with van der Waals surface area (Å²) in [5.41, 5.74) is -0.646.